The number of carboxylic acid groups (broad SMARTS) is 1. The van der Waals surface area contributed by atoms with Gasteiger partial charge in [-0.2, -0.15) is 0 Å². The highest BCUT2D eigenvalue weighted by molar-refractivity contribution is 5.79. The minimum atomic E-state index is -0.823. The van der Waals surface area contributed by atoms with Crippen LogP contribution in [0.15, 0.2) is 48.5 Å². The molecule has 2 aliphatic carbocycles. The smallest absolute Gasteiger partial charge is 0.407 e. The molecule has 2 aliphatic rings. The molecule has 1 fully saturated rings. The van der Waals surface area contributed by atoms with Crippen LogP contribution in [0.25, 0.3) is 11.1 Å². The molecule has 174 valence electrons. The fourth-order valence-electron chi connectivity index (χ4n) is 4.38. The Labute approximate surface area is 192 Å². The molecule has 0 radical (unpaired) electrons. The van der Waals surface area contributed by atoms with Gasteiger partial charge < -0.3 is 25.2 Å². The highest BCUT2D eigenvalue weighted by Gasteiger charge is 2.43. The standard InChI is InChI=1S/C25H28N2O6/c1-32-16(11-23(28)26-12-15-10-21(15)24(29)30)13-27-25(31)33-14-22-19-8-4-2-6-17(19)18-7-3-5-9-20(18)22/h2-9,15-16,21-22H,10-14H2,1H3,(H,26,28)(H,27,31)(H,29,30)/t15-,16?,21-/m1/s1. The maximum absolute atomic E-state index is 12.3. The Morgan fingerprint density at radius 1 is 1.03 bits per heavy atom. The van der Waals surface area contributed by atoms with Gasteiger partial charge in [0.1, 0.15) is 6.61 Å². The highest BCUT2D eigenvalue weighted by atomic mass is 16.5. The van der Waals surface area contributed by atoms with Crippen LogP contribution in [-0.2, 0) is 19.1 Å². The average Bonchev–Trinajstić information content (AvgIpc) is 3.55. The van der Waals surface area contributed by atoms with Crippen molar-refractivity contribution in [3.8, 4) is 11.1 Å². The third-order valence-corrected chi connectivity index (χ3v) is 6.37. The predicted octanol–water partition coefficient (Wildman–Crippen LogP) is 2.77. The van der Waals surface area contributed by atoms with Crippen LogP contribution in [0.1, 0.15) is 29.9 Å². The van der Waals surface area contributed by atoms with Crippen molar-refractivity contribution in [3.63, 3.8) is 0 Å². The first-order valence-corrected chi connectivity index (χ1v) is 11.1. The van der Waals surface area contributed by atoms with Crippen LogP contribution in [0.2, 0.25) is 0 Å². The van der Waals surface area contributed by atoms with E-state index in [0.29, 0.717) is 13.0 Å². The zero-order valence-corrected chi connectivity index (χ0v) is 18.5. The van der Waals surface area contributed by atoms with E-state index >= 15 is 0 Å². The number of hydrogen-bond acceptors (Lipinski definition) is 5. The van der Waals surface area contributed by atoms with Gasteiger partial charge in [0.25, 0.3) is 0 Å². The van der Waals surface area contributed by atoms with E-state index in [-0.39, 0.29) is 43.2 Å². The first kappa shape index (κ1) is 22.8. The summed E-state index contributed by atoms with van der Waals surface area (Å²) in [4.78, 5) is 35.3. The Bertz CT molecular complexity index is 994. The number of nitrogens with one attached hydrogen (secondary N) is 2. The summed E-state index contributed by atoms with van der Waals surface area (Å²) in [6, 6.07) is 16.2. The number of benzene rings is 2. The van der Waals surface area contributed by atoms with Gasteiger partial charge in [-0.3, -0.25) is 9.59 Å². The molecular weight excluding hydrogens is 424 g/mol. The lowest BCUT2D eigenvalue weighted by Crippen LogP contribution is -2.38. The molecule has 0 aliphatic heterocycles. The molecule has 2 aromatic carbocycles. The number of rotatable bonds is 10. The summed E-state index contributed by atoms with van der Waals surface area (Å²) in [5, 5.41) is 14.3. The lowest BCUT2D eigenvalue weighted by atomic mass is 9.98. The number of ether oxygens (including phenoxy) is 2. The molecule has 2 amide bonds. The number of aliphatic carboxylic acids is 1. The van der Waals surface area contributed by atoms with E-state index in [4.69, 9.17) is 14.6 Å². The molecule has 3 N–H and O–H groups in total. The van der Waals surface area contributed by atoms with Crippen molar-refractivity contribution < 1.29 is 29.0 Å². The Morgan fingerprint density at radius 3 is 2.24 bits per heavy atom. The molecule has 0 saturated heterocycles. The molecule has 0 spiro atoms. The lowest BCUT2D eigenvalue weighted by Gasteiger charge is -2.17. The van der Waals surface area contributed by atoms with Crippen LogP contribution >= 0.6 is 0 Å². The van der Waals surface area contributed by atoms with E-state index in [9.17, 15) is 14.4 Å². The van der Waals surface area contributed by atoms with Gasteiger partial charge >= 0.3 is 12.1 Å². The molecular formula is C25H28N2O6. The van der Waals surface area contributed by atoms with Gasteiger partial charge in [0, 0.05) is 26.1 Å². The first-order chi connectivity index (χ1) is 16.0. The molecule has 3 atom stereocenters. The van der Waals surface area contributed by atoms with Crippen LogP contribution in [-0.4, -0.2) is 56.0 Å². The van der Waals surface area contributed by atoms with Gasteiger partial charge in [0.15, 0.2) is 0 Å². The molecule has 33 heavy (non-hydrogen) atoms. The van der Waals surface area contributed by atoms with E-state index in [2.05, 4.69) is 34.9 Å². The third-order valence-electron chi connectivity index (χ3n) is 6.37. The molecule has 2 aromatic rings. The van der Waals surface area contributed by atoms with Crippen molar-refractivity contribution in [3.05, 3.63) is 59.7 Å². The summed E-state index contributed by atoms with van der Waals surface area (Å²) in [7, 11) is 1.47. The zero-order valence-electron chi connectivity index (χ0n) is 18.5. The maximum atomic E-state index is 12.3. The number of methoxy groups -OCH3 is 1. The number of fused-ring (bicyclic) bond motifs is 3. The fraction of sp³-hybridized carbons (Fsp3) is 0.400. The molecule has 4 rings (SSSR count). The average molecular weight is 453 g/mol. The van der Waals surface area contributed by atoms with Crippen LogP contribution in [0.3, 0.4) is 0 Å². The van der Waals surface area contributed by atoms with E-state index < -0.39 is 18.2 Å². The summed E-state index contributed by atoms with van der Waals surface area (Å²) in [6.07, 6.45) is -0.432. The molecule has 8 heteroatoms. The van der Waals surface area contributed by atoms with Crippen LogP contribution < -0.4 is 10.6 Å². The van der Waals surface area contributed by atoms with E-state index in [1.165, 1.54) is 7.11 Å². The van der Waals surface area contributed by atoms with Crippen LogP contribution in [0.5, 0.6) is 0 Å². The lowest BCUT2D eigenvalue weighted by molar-refractivity contribution is -0.139. The van der Waals surface area contributed by atoms with Gasteiger partial charge in [0.2, 0.25) is 5.91 Å². The predicted molar refractivity (Wildman–Crippen MR) is 121 cm³/mol. The maximum Gasteiger partial charge on any atom is 0.407 e. The summed E-state index contributed by atoms with van der Waals surface area (Å²) >= 11 is 0. The normalized spacial score (nSPS) is 19.2. The third kappa shape index (κ3) is 5.34. The zero-order chi connectivity index (χ0) is 23.4. The second kappa shape index (κ2) is 10.0. The molecule has 0 aromatic heterocycles. The van der Waals surface area contributed by atoms with E-state index in [0.717, 1.165) is 22.3 Å². The molecule has 1 saturated carbocycles. The fourth-order valence-corrected chi connectivity index (χ4v) is 4.38. The van der Waals surface area contributed by atoms with Crippen molar-refractivity contribution in [1.82, 2.24) is 10.6 Å². The summed E-state index contributed by atoms with van der Waals surface area (Å²) < 4.78 is 10.8. The molecule has 0 heterocycles. The minimum Gasteiger partial charge on any atom is -0.481 e. The van der Waals surface area contributed by atoms with Crippen molar-refractivity contribution in [1.29, 1.82) is 0 Å². The van der Waals surface area contributed by atoms with Crippen LogP contribution in [0, 0.1) is 11.8 Å². The highest BCUT2D eigenvalue weighted by Crippen LogP contribution is 2.44. The molecule has 1 unspecified atom stereocenters. The Balaban J connectivity index is 1.22. The van der Waals surface area contributed by atoms with Crippen LogP contribution in [0.4, 0.5) is 4.79 Å². The number of hydrogen-bond donors (Lipinski definition) is 3. The van der Waals surface area contributed by atoms with Gasteiger partial charge in [0.05, 0.1) is 18.4 Å². The number of amides is 2. The molecule has 0 bridgehead atoms. The number of alkyl carbamates (subject to hydrolysis) is 1. The van der Waals surface area contributed by atoms with E-state index in [1.54, 1.807) is 0 Å². The van der Waals surface area contributed by atoms with Crippen molar-refractivity contribution in [2.45, 2.75) is 24.9 Å². The summed E-state index contributed by atoms with van der Waals surface area (Å²) in [5.41, 5.74) is 4.60. The Kier molecular flexibility index (Phi) is 6.93. The van der Waals surface area contributed by atoms with E-state index in [1.807, 2.05) is 24.3 Å². The Morgan fingerprint density at radius 2 is 1.67 bits per heavy atom. The van der Waals surface area contributed by atoms with Crippen molar-refractivity contribution in [2.75, 3.05) is 26.8 Å². The number of carbonyl (C=O) groups excluding carboxylic acids is 2. The first-order valence-electron chi connectivity index (χ1n) is 11.1. The second-order valence-corrected chi connectivity index (χ2v) is 8.51. The SMILES string of the molecule is COC(CNC(=O)OCC1c2ccccc2-c2ccccc21)CC(=O)NC[C@H]1C[C@H]1C(=O)O. The molecule has 8 nitrogen and oxygen atoms in total. The monoisotopic (exact) mass is 452 g/mol. The summed E-state index contributed by atoms with van der Waals surface area (Å²) in [5.74, 6) is -1.46. The Hall–Kier alpha value is -3.39. The number of carbonyl (C=O) groups is 3. The van der Waals surface area contributed by atoms with Gasteiger partial charge in [-0.15, -0.1) is 0 Å². The second-order valence-electron chi connectivity index (χ2n) is 8.51. The van der Waals surface area contributed by atoms with Gasteiger partial charge in [-0.1, -0.05) is 48.5 Å². The van der Waals surface area contributed by atoms with Gasteiger partial charge in [-0.05, 0) is 34.6 Å². The quantitative estimate of drug-likeness (QED) is 0.511. The largest absolute Gasteiger partial charge is 0.481 e. The minimum absolute atomic E-state index is 0.00797. The van der Waals surface area contributed by atoms with Crippen molar-refractivity contribution in [2.24, 2.45) is 11.8 Å². The van der Waals surface area contributed by atoms with Crippen molar-refractivity contribution >= 4 is 18.0 Å². The number of carboxylic acids is 1. The summed E-state index contributed by atoms with van der Waals surface area (Å²) in [6.45, 7) is 0.679. The van der Waals surface area contributed by atoms with Gasteiger partial charge in [-0.25, -0.2) is 4.79 Å². The topological polar surface area (TPSA) is 114 Å².